The summed E-state index contributed by atoms with van der Waals surface area (Å²) in [4.78, 5) is 12.7. The summed E-state index contributed by atoms with van der Waals surface area (Å²) in [5.41, 5.74) is 2.25. The monoisotopic (exact) mass is 239 g/mol. The topological polar surface area (TPSA) is 119 Å². The van der Waals surface area contributed by atoms with E-state index in [0.29, 0.717) is 6.07 Å². The zero-order chi connectivity index (χ0) is 11.8. The number of aromatic amines is 1. The molecule has 0 fully saturated rings. The van der Waals surface area contributed by atoms with Crippen LogP contribution < -0.4 is 16.4 Å². The molecule has 0 bridgehead atoms. The van der Waals surface area contributed by atoms with Crippen LogP contribution in [-0.4, -0.2) is 13.4 Å². The Kier molecular flexibility index (Phi) is 2.77. The molecule has 1 heterocycles. The number of H-pyrrole nitrogens is 1. The lowest BCUT2D eigenvalue weighted by Gasteiger charge is -2.05. The Bertz CT molecular complexity index is 537. The van der Waals surface area contributed by atoms with Crippen LogP contribution in [0.5, 0.6) is 0 Å². The fourth-order valence-electron chi connectivity index (χ4n) is 0.944. The molecule has 0 aliphatic rings. The molecular formula is C6H7F2N3O3S. The Labute approximate surface area is 82.9 Å². The molecule has 0 saturated heterocycles. The highest BCUT2D eigenvalue weighted by atomic mass is 32.2. The van der Waals surface area contributed by atoms with Crippen molar-refractivity contribution in [1.29, 1.82) is 0 Å². The lowest BCUT2D eigenvalue weighted by molar-refractivity contribution is 0.150. The lowest BCUT2D eigenvalue weighted by atomic mass is 10.2. The van der Waals surface area contributed by atoms with E-state index in [-0.39, 0.29) is 0 Å². The van der Waals surface area contributed by atoms with E-state index in [1.165, 1.54) is 0 Å². The number of sulfonamides is 1. The van der Waals surface area contributed by atoms with E-state index in [0.717, 1.165) is 0 Å². The number of nitrogens with one attached hydrogen (secondary N) is 1. The average molecular weight is 239 g/mol. The first-order chi connectivity index (χ1) is 6.73. The number of nitrogens with two attached hydrogens (primary N) is 2. The van der Waals surface area contributed by atoms with Gasteiger partial charge >= 0.3 is 0 Å². The second-order valence-corrected chi connectivity index (χ2v) is 4.21. The summed E-state index contributed by atoms with van der Waals surface area (Å²) in [5.74, 6) is 0. The predicted octanol–water partition coefficient (Wildman–Crippen LogP) is -0.458. The molecule has 84 valence electrons. The van der Waals surface area contributed by atoms with E-state index in [9.17, 15) is 22.0 Å². The quantitative estimate of drug-likeness (QED) is 0.647. The van der Waals surface area contributed by atoms with Gasteiger partial charge < -0.3 is 10.7 Å². The van der Waals surface area contributed by atoms with Gasteiger partial charge in [-0.15, -0.1) is 0 Å². The number of alkyl halides is 2. The Balaban J connectivity index is 3.53. The maximum Gasteiger partial charge on any atom is 0.271 e. The van der Waals surface area contributed by atoms with Crippen LogP contribution in [0.1, 0.15) is 12.0 Å². The second kappa shape index (κ2) is 3.59. The number of aromatic nitrogens is 1. The molecule has 0 atom stereocenters. The zero-order valence-electron chi connectivity index (χ0n) is 7.20. The summed E-state index contributed by atoms with van der Waals surface area (Å²) >= 11 is 0. The molecule has 0 aliphatic heterocycles. The van der Waals surface area contributed by atoms with Gasteiger partial charge in [-0.25, -0.2) is 22.3 Å². The SMILES string of the molecule is Nc1cc(S(N)(=O)=O)[nH]c(=O)c1C(F)F. The zero-order valence-corrected chi connectivity index (χ0v) is 8.01. The number of hydrogen-bond acceptors (Lipinski definition) is 4. The van der Waals surface area contributed by atoms with Gasteiger partial charge in [0.2, 0.25) is 0 Å². The average Bonchev–Trinajstić information content (AvgIpc) is 1.99. The van der Waals surface area contributed by atoms with Crippen molar-refractivity contribution in [3.8, 4) is 0 Å². The van der Waals surface area contributed by atoms with Crippen LogP contribution in [0.25, 0.3) is 0 Å². The Morgan fingerprint density at radius 2 is 1.93 bits per heavy atom. The molecule has 1 rings (SSSR count). The van der Waals surface area contributed by atoms with Gasteiger partial charge in [0, 0.05) is 5.69 Å². The van der Waals surface area contributed by atoms with Gasteiger partial charge in [0.15, 0.2) is 5.03 Å². The van der Waals surface area contributed by atoms with Crippen LogP contribution in [0.3, 0.4) is 0 Å². The Morgan fingerprint density at radius 3 is 2.27 bits per heavy atom. The van der Waals surface area contributed by atoms with Gasteiger partial charge in [0.25, 0.3) is 22.0 Å². The van der Waals surface area contributed by atoms with Crippen molar-refractivity contribution in [2.24, 2.45) is 5.14 Å². The van der Waals surface area contributed by atoms with E-state index >= 15 is 0 Å². The van der Waals surface area contributed by atoms with E-state index in [1.807, 2.05) is 0 Å². The minimum Gasteiger partial charge on any atom is -0.398 e. The van der Waals surface area contributed by atoms with E-state index < -0.39 is 38.3 Å². The molecule has 1 aromatic heterocycles. The maximum absolute atomic E-state index is 12.2. The van der Waals surface area contributed by atoms with Gasteiger partial charge in [-0.3, -0.25) is 4.79 Å². The van der Waals surface area contributed by atoms with Crippen molar-refractivity contribution in [3.63, 3.8) is 0 Å². The summed E-state index contributed by atoms with van der Waals surface area (Å²) in [6.07, 6.45) is -3.08. The van der Waals surface area contributed by atoms with Crippen molar-refractivity contribution >= 4 is 15.7 Å². The van der Waals surface area contributed by atoms with E-state index in [2.05, 4.69) is 5.14 Å². The first kappa shape index (κ1) is 11.6. The van der Waals surface area contributed by atoms with Gasteiger partial charge in [-0.1, -0.05) is 0 Å². The highest BCUT2D eigenvalue weighted by Crippen LogP contribution is 2.21. The molecule has 0 saturated carbocycles. The summed E-state index contributed by atoms with van der Waals surface area (Å²) in [6, 6.07) is 0.679. The number of nitrogen functional groups attached to an aromatic ring is 1. The number of halogens is 2. The molecule has 0 radical (unpaired) electrons. The fraction of sp³-hybridized carbons (Fsp3) is 0.167. The van der Waals surface area contributed by atoms with Crippen LogP contribution in [0.15, 0.2) is 15.9 Å². The highest BCUT2D eigenvalue weighted by Gasteiger charge is 2.19. The number of hydrogen-bond donors (Lipinski definition) is 3. The van der Waals surface area contributed by atoms with Crippen molar-refractivity contribution in [2.75, 3.05) is 5.73 Å². The molecule has 9 heteroatoms. The normalized spacial score (nSPS) is 12.0. The summed E-state index contributed by atoms with van der Waals surface area (Å²) in [6.45, 7) is 0. The lowest BCUT2D eigenvalue weighted by Crippen LogP contribution is -2.23. The highest BCUT2D eigenvalue weighted by molar-refractivity contribution is 7.89. The van der Waals surface area contributed by atoms with E-state index in [4.69, 9.17) is 5.73 Å². The maximum atomic E-state index is 12.2. The predicted molar refractivity (Wildman–Crippen MR) is 47.8 cm³/mol. The molecule has 1 aromatic rings. The van der Waals surface area contributed by atoms with Crippen LogP contribution in [0, 0.1) is 0 Å². The van der Waals surface area contributed by atoms with Crippen LogP contribution in [-0.2, 0) is 10.0 Å². The smallest absolute Gasteiger partial charge is 0.271 e. The third kappa shape index (κ3) is 2.30. The molecule has 15 heavy (non-hydrogen) atoms. The minimum absolute atomic E-state index is 0.613. The number of pyridine rings is 1. The van der Waals surface area contributed by atoms with Crippen molar-refractivity contribution in [3.05, 3.63) is 22.0 Å². The van der Waals surface area contributed by atoms with Gasteiger partial charge in [0.1, 0.15) is 5.56 Å². The van der Waals surface area contributed by atoms with Crippen molar-refractivity contribution in [2.45, 2.75) is 11.5 Å². The molecule has 0 unspecified atom stereocenters. The molecule has 0 amide bonds. The molecule has 0 aromatic carbocycles. The van der Waals surface area contributed by atoms with E-state index in [1.54, 1.807) is 4.98 Å². The summed E-state index contributed by atoms with van der Waals surface area (Å²) < 4.78 is 46.0. The van der Waals surface area contributed by atoms with Crippen LogP contribution >= 0.6 is 0 Å². The van der Waals surface area contributed by atoms with Crippen LogP contribution in [0.4, 0.5) is 14.5 Å². The second-order valence-electron chi connectivity index (χ2n) is 2.68. The first-order valence-electron chi connectivity index (χ1n) is 3.57. The molecule has 0 spiro atoms. The van der Waals surface area contributed by atoms with Gasteiger partial charge in [-0.2, -0.15) is 0 Å². The summed E-state index contributed by atoms with van der Waals surface area (Å²) in [5, 5.41) is 3.98. The number of rotatable bonds is 2. The third-order valence-electron chi connectivity index (χ3n) is 1.60. The molecular weight excluding hydrogens is 232 g/mol. The summed E-state index contributed by atoms with van der Waals surface area (Å²) in [7, 11) is -4.17. The molecule has 0 aliphatic carbocycles. The third-order valence-corrected chi connectivity index (χ3v) is 2.44. The number of anilines is 1. The number of primary sulfonamides is 1. The molecule has 6 nitrogen and oxygen atoms in total. The van der Waals surface area contributed by atoms with Gasteiger partial charge in [0.05, 0.1) is 0 Å². The fourth-order valence-corrected chi connectivity index (χ4v) is 1.47. The minimum atomic E-state index is -4.17. The first-order valence-corrected chi connectivity index (χ1v) is 5.11. The Hall–Kier alpha value is -1.48. The van der Waals surface area contributed by atoms with Crippen molar-refractivity contribution in [1.82, 2.24) is 4.98 Å². The van der Waals surface area contributed by atoms with Crippen molar-refractivity contribution < 1.29 is 17.2 Å². The standard InChI is InChI=1S/C6H7F2N3O3S/c7-5(8)4-2(9)1-3(11-6(4)12)15(10,13)14/h1,5H,(H3,9,11,12)(H2,10,13,14). The molecule has 5 N–H and O–H groups in total. The van der Waals surface area contributed by atoms with Crippen LogP contribution in [0.2, 0.25) is 0 Å². The largest absolute Gasteiger partial charge is 0.398 e. The Morgan fingerprint density at radius 1 is 1.40 bits per heavy atom. The van der Waals surface area contributed by atoms with Gasteiger partial charge in [-0.05, 0) is 6.07 Å².